The van der Waals surface area contributed by atoms with Gasteiger partial charge in [0.1, 0.15) is 5.75 Å². The van der Waals surface area contributed by atoms with Crippen LogP contribution in [0.5, 0.6) is 5.75 Å². The number of fused-ring (bicyclic) bond motifs is 1. The van der Waals surface area contributed by atoms with Crippen molar-refractivity contribution in [2.24, 2.45) is 4.99 Å². The first kappa shape index (κ1) is 11.0. The summed E-state index contributed by atoms with van der Waals surface area (Å²) >= 11 is 0. The van der Waals surface area contributed by atoms with Crippen molar-refractivity contribution in [3.05, 3.63) is 59.2 Å². The molecule has 2 aromatic carbocycles. The van der Waals surface area contributed by atoms with Crippen LogP contribution in [0.3, 0.4) is 0 Å². The lowest BCUT2D eigenvalue weighted by Gasteiger charge is -2.04. The van der Waals surface area contributed by atoms with Crippen LogP contribution in [-0.4, -0.2) is 11.3 Å². The van der Waals surface area contributed by atoms with Gasteiger partial charge in [-0.15, -0.1) is 0 Å². The Labute approximate surface area is 107 Å². The predicted molar refractivity (Wildman–Crippen MR) is 73.8 cm³/mol. The molecule has 1 aliphatic rings. The zero-order valence-corrected chi connectivity index (χ0v) is 10.1. The molecule has 0 fully saturated rings. The van der Waals surface area contributed by atoms with Gasteiger partial charge in [0.2, 0.25) is 0 Å². The van der Waals surface area contributed by atoms with Gasteiger partial charge >= 0.3 is 0 Å². The highest BCUT2D eigenvalue weighted by molar-refractivity contribution is 5.86. The molecule has 0 atom stereocenters. The molecule has 2 aromatic rings. The fourth-order valence-corrected chi connectivity index (χ4v) is 2.39. The molecule has 0 bridgehead atoms. The molecule has 2 nitrogen and oxygen atoms in total. The van der Waals surface area contributed by atoms with Crippen molar-refractivity contribution in [1.82, 2.24) is 0 Å². The van der Waals surface area contributed by atoms with Crippen LogP contribution in [0.15, 0.2) is 47.5 Å². The van der Waals surface area contributed by atoms with Crippen molar-refractivity contribution < 1.29 is 5.11 Å². The van der Waals surface area contributed by atoms with Crippen molar-refractivity contribution in [2.45, 2.75) is 19.3 Å². The number of phenols is 1. The van der Waals surface area contributed by atoms with Gasteiger partial charge in [-0.05, 0) is 54.7 Å². The summed E-state index contributed by atoms with van der Waals surface area (Å²) in [5.74, 6) is 0.329. The van der Waals surface area contributed by atoms with E-state index in [4.69, 9.17) is 0 Å². The maximum absolute atomic E-state index is 9.96. The Morgan fingerprint density at radius 1 is 1.00 bits per heavy atom. The van der Waals surface area contributed by atoms with Gasteiger partial charge in [0.15, 0.2) is 0 Å². The monoisotopic (exact) mass is 237 g/mol. The number of aryl methyl sites for hydroxylation is 2. The van der Waals surface area contributed by atoms with Crippen LogP contribution in [0, 0.1) is 0 Å². The van der Waals surface area contributed by atoms with E-state index in [0.29, 0.717) is 5.75 Å². The first-order valence-corrected chi connectivity index (χ1v) is 6.27. The van der Waals surface area contributed by atoms with Gasteiger partial charge < -0.3 is 5.11 Å². The second kappa shape index (κ2) is 4.65. The topological polar surface area (TPSA) is 32.6 Å². The zero-order valence-electron chi connectivity index (χ0n) is 10.1. The molecule has 0 spiro atoms. The molecular weight excluding hydrogens is 222 g/mol. The highest BCUT2D eigenvalue weighted by Crippen LogP contribution is 2.28. The van der Waals surface area contributed by atoms with E-state index in [-0.39, 0.29) is 0 Å². The predicted octanol–water partition coefficient (Wildman–Crippen LogP) is 3.63. The van der Waals surface area contributed by atoms with Gasteiger partial charge in [0, 0.05) is 11.8 Å². The molecule has 1 aliphatic carbocycles. The van der Waals surface area contributed by atoms with Crippen LogP contribution in [0.25, 0.3) is 0 Å². The fraction of sp³-hybridized carbons (Fsp3) is 0.188. The van der Waals surface area contributed by atoms with Crippen molar-refractivity contribution in [2.75, 3.05) is 0 Å². The van der Waals surface area contributed by atoms with E-state index in [1.54, 1.807) is 6.21 Å². The van der Waals surface area contributed by atoms with E-state index >= 15 is 0 Å². The number of aliphatic imine (C=N–C) groups is 1. The second-order valence-electron chi connectivity index (χ2n) is 4.63. The normalized spacial score (nSPS) is 14.0. The van der Waals surface area contributed by atoms with Crippen LogP contribution in [0.4, 0.5) is 5.69 Å². The maximum Gasteiger partial charge on any atom is 0.124 e. The molecule has 0 unspecified atom stereocenters. The quantitative estimate of drug-likeness (QED) is 0.795. The van der Waals surface area contributed by atoms with E-state index in [2.05, 4.69) is 11.1 Å². The smallest absolute Gasteiger partial charge is 0.124 e. The Morgan fingerprint density at radius 3 is 2.50 bits per heavy atom. The lowest BCUT2D eigenvalue weighted by molar-refractivity contribution is 0.474. The molecule has 18 heavy (non-hydrogen) atoms. The van der Waals surface area contributed by atoms with Crippen LogP contribution in [0.2, 0.25) is 0 Å². The number of phenolic OH excluding ortho intramolecular Hbond substituents is 1. The second-order valence-corrected chi connectivity index (χ2v) is 4.63. The summed E-state index contributed by atoms with van der Waals surface area (Å²) in [5, 5.41) is 9.96. The van der Waals surface area contributed by atoms with E-state index in [1.807, 2.05) is 36.4 Å². The lowest BCUT2D eigenvalue weighted by Crippen LogP contribution is -1.88. The number of hydrogen-bond acceptors (Lipinski definition) is 2. The molecule has 0 saturated heterocycles. The molecule has 0 saturated carbocycles. The number of nitrogens with zero attached hydrogens (tertiary/aromatic N) is 1. The summed E-state index contributed by atoms with van der Waals surface area (Å²) in [4.78, 5) is 4.38. The van der Waals surface area contributed by atoms with Gasteiger partial charge in [0.25, 0.3) is 0 Å². The van der Waals surface area contributed by atoms with E-state index in [9.17, 15) is 5.11 Å². The molecule has 0 amide bonds. The standard InChI is InChI=1S/C16H15NO/c18-16-10-13-6-4-5-12(13)9-14(16)11-17-15-7-2-1-3-8-15/h1-3,7-11,18H,4-6H2/b17-11+. The molecule has 0 aliphatic heterocycles. The summed E-state index contributed by atoms with van der Waals surface area (Å²) in [6.45, 7) is 0. The van der Waals surface area contributed by atoms with Crippen LogP contribution in [0.1, 0.15) is 23.1 Å². The fourth-order valence-electron chi connectivity index (χ4n) is 2.39. The van der Waals surface area contributed by atoms with E-state index in [0.717, 1.165) is 24.1 Å². The third kappa shape index (κ3) is 2.14. The minimum atomic E-state index is 0.329. The minimum Gasteiger partial charge on any atom is -0.507 e. The Kier molecular flexibility index (Phi) is 2.85. The summed E-state index contributed by atoms with van der Waals surface area (Å²) in [6.07, 6.45) is 5.12. The number of benzene rings is 2. The minimum absolute atomic E-state index is 0.329. The van der Waals surface area contributed by atoms with Crippen molar-refractivity contribution >= 4 is 11.9 Å². The molecular formula is C16H15NO. The molecule has 1 N–H and O–H groups in total. The van der Waals surface area contributed by atoms with Crippen molar-refractivity contribution in [3.8, 4) is 5.75 Å². The third-order valence-corrected chi connectivity index (χ3v) is 3.35. The Morgan fingerprint density at radius 2 is 1.72 bits per heavy atom. The van der Waals surface area contributed by atoms with Gasteiger partial charge in [-0.3, -0.25) is 4.99 Å². The average Bonchev–Trinajstić information content (AvgIpc) is 2.84. The van der Waals surface area contributed by atoms with Crippen LogP contribution in [-0.2, 0) is 12.8 Å². The van der Waals surface area contributed by atoms with Crippen molar-refractivity contribution in [1.29, 1.82) is 0 Å². The summed E-state index contributed by atoms with van der Waals surface area (Å²) < 4.78 is 0. The molecule has 0 heterocycles. The molecule has 0 aromatic heterocycles. The number of rotatable bonds is 2. The molecule has 3 rings (SSSR count). The zero-order chi connectivity index (χ0) is 12.4. The molecule has 90 valence electrons. The van der Waals surface area contributed by atoms with E-state index in [1.165, 1.54) is 17.5 Å². The first-order chi connectivity index (χ1) is 8.83. The highest BCUT2D eigenvalue weighted by atomic mass is 16.3. The Hall–Kier alpha value is -2.09. The van der Waals surface area contributed by atoms with Gasteiger partial charge in [-0.25, -0.2) is 0 Å². The lowest BCUT2D eigenvalue weighted by atomic mass is 10.1. The van der Waals surface area contributed by atoms with E-state index < -0.39 is 0 Å². The number of aromatic hydroxyl groups is 1. The highest BCUT2D eigenvalue weighted by Gasteiger charge is 2.13. The van der Waals surface area contributed by atoms with Crippen LogP contribution >= 0.6 is 0 Å². The SMILES string of the molecule is Oc1cc2c(cc1/C=N/c1ccccc1)CCC2. The number of para-hydroxylation sites is 1. The summed E-state index contributed by atoms with van der Waals surface area (Å²) in [5.41, 5.74) is 4.34. The third-order valence-electron chi connectivity index (χ3n) is 3.35. The van der Waals surface area contributed by atoms with Gasteiger partial charge in [-0.2, -0.15) is 0 Å². The largest absolute Gasteiger partial charge is 0.507 e. The van der Waals surface area contributed by atoms with Gasteiger partial charge in [-0.1, -0.05) is 18.2 Å². The van der Waals surface area contributed by atoms with Gasteiger partial charge in [0.05, 0.1) is 5.69 Å². The Bertz CT molecular complexity index is 588. The van der Waals surface area contributed by atoms with Crippen molar-refractivity contribution in [3.63, 3.8) is 0 Å². The van der Waals surface area contributed by atoms with Crippen LogP contribution < -0.4 is 0 Å². The molecule has 2 heteroatoms. The Balaban J connectivity index is 1.91. The average molecular weight is 237 g/mol. The summed E-state index contributed by atoms with van der Waals surface area (Å²) in [6, 6.07) is 13.7. The summed E-state index contributed by atoms with van der Waals surface area (Å²) in [7, 11) is 0. The number of hydrogen-bond donors (Lipinski definition) is 1. The maximum atomic E-state index is 9.96. The molecule has 0 radical (unpaired) electrons. The first-order valence-electron chi connectivity index (χ1n) is 6.27.